The van der Waals surface area contributed by atoms with Crippen molar-refractivity contribution in [2.75, 3.05) is 18.5 Å². The molecule has 1 unspecified atom stereocenters. The van der Waals surface area contributed by atoms with Crippen LogP contribution in [0.4, 0.5) is 5.82 Å². The van der Waals surface area contributed by atoms with Crippen LogP contribution in [-0.4, -0.2) is 40.0 Å². The van der Waals surface area contributed by atoms with Crippen LogP contribution in [-0.2, 0) is 11.3 Å². The van der Waals surface area contributed by atoms with Crippen LogP contribution in [0.15, 0.2) is 36.7 Å². The molecule has 0 spiro atoms. The van der Waals surface area contributed by atoms with Crippen molar-refractivity contribution in [3.63, 3.8) is 0 Å². The molecule has 6 nitrogen and oxygen atoms in total. The fraction of sp³-hybridized carbons (Fsp3) is 0.450. The number of likely N-dealkylation sites (tertiary alicyclic amines) is 1. The molecular formula is C20H26N4O2. The molecule has 1 aliphatic rings. The van der Waals surface area contributed by atoms with E-state index < -0.39 is 0 Å². The van der Waals surface area contributed by atoms with Crippen LogP contribution in [0.1, 0.15) is 31.4 Å². The van der Waals surface area contributed by atoms with Gasteiger partial charge < -0.3 is 15.0 Å². The Kier molecular flexibility index (Phi) is 5.71. The average Bonchev–Trinajstić information content (AvgIpc) is 2.96. The van der Waals surface area contributed by atoms with Crippen molar-refractivity contribution in [2.24, 2.45) is 5.92 Å². The first kappa shape index (κ1) is 18.2. The molecule has 1 amide bonds. The Balaban J connectivity index is 1.58. The van der Waals surface area contributed by atoms with Crippen LogP contribution in [0.2, 0.25) is 0 Å². The van der Waals surface area contributed by atoms with Gasteiger partial charge in [-0.25, -0.2) is 0 Å². The highest BCUT2D eigenvalue weighted by Gasteiger charge is 2.31. The number of benzene rings is 1. The molecule has 26 heavy (non-hydrogen) atoms. The van der Waals surface area contributed by atoms with E-state index >= 15 is 0 Å². The summed E-state index contributed by atoms with van der Waals surface area (Å²) >= 11 is 0. The minimum Gasteiger partial charge on any atom is -0.476 e. The SMILES string of the molecule is Cc1ccc(CN2CCC(Nc3cncc(OCC(C)C)n3)C2=O)cc1. The van der Waals surface area contributed by atoms with Crippen LogP contribution >= 0.6 is 0 Å². The predicted octanol–water partition coefficient (Wildman–Crippen LogP) is 3.03. The van der Waals surface area contributed by atoms with E-state index in [1.165, 1.54) is 5.56 Å². The van der Waals surface area contributed by atoms with Crippen molar-refractivity contribution >= 4 is 11.7 Å². The molecule has 138 valence electrons. The van der Waals surface area contributed by atoms with Gasteiger partial charge in [0, 0.05) is 13.1 Å². The lowest BCUT2D eigenvalue weighted by Crippen LogP contribution is -2.33. The molecule has 0 radical (unpaired) electrons. The summed E-state index contributed by atoms with van der Waals surface area (Å²) < 4.78 is 5.60. The highest BCUT2D eigenvalue weighted by molar-refractivity contribution is 5.86. The van der Waals surface area contributed by atoms with Gasteiger partial charge in [0.15, 0.2) is 0 Å². The van der Waals surface area contributed by atoms with Crippen molar-refractivity contribution in [1.82, 2.24) is 14.9 Å². The third-order valence-corrected chi connectivity index (χ3v) is 4.29. The zero-order valence-electron chi connectivity index (χ0n) is 15.6. The van der Waals surface area contributed by atoms with Crippen LogP contribution in [0.5, 0.6) is 5.88 Å². The number of hydrogen-bond acceptors (Lipinski definition) is 5. The molecule has 0 aliphatic carbocycles. The first-order valence-electron chi connectivity index (χ1n) is 9.07. The zero-order valence-corrected chi connectivity index (χ0v) is 15.6. The first-order valence-corrected chi connectivity index (χ1v) is 9.07. The van der Waals surface area contributed by atoms with Gasteiger partial charge in [0.2, 0.25) is 11.8 Å². The lowest BCUT2D eigenvalue weighted by molar-refractivity contribution is -0.128. The number of nitrogens with one attached hydrogen (secondary N) is 1. The molecule has 0 bridgehead atoms. The number of carbonyl (C=O) groups excluding carboxylic acids is 1. The fourth-order valence-corrected chi connectivity index (χ4v) is 2.86. The summed E-state index contributed by atoms with van der Waals surface area (Å²) in [7, 11) is 0. The molecule has 2 heterocycles. The Hall–Kier alpha value is -2.63. The van der Waals surface area contributed by atoms with Gasteiger partial charge in [0.25, 0.3) is 0 Å². The van der Waals surface area contributed by atoms with Gasteiger partial charge in [-0.1, -0.05) is 43.7 Å². The van der Waals surface area contributed by atoms with Gasteiger partial charge in [0.1, 0.15) is 11.9 Å². The molecular weight excluding hydrogens is 328 g/mol. The molecule has 6 heteroatoms. The largest absolute Gasteiger partial charge is 0.476 e. The molecule has 1 saturated heterocycles. The molecule has 1 N–H and O–H groups in total. The summed E-state index contributed by atoms with van der Waals surface area (Å²) in [5, 5.41) is 3.20. The van der Waals surface area contributed by atoms with Crippen molar-refractivity contribution in [3.8, 4) is 5.88 Å². The maximum absolute atomic E-state index is 12.7. The summed E-state index contributed by atoms with van der Waals surface area (Å²) in [6.45, 7) is 8.18. The standard InChI is InChI=1S/C20H26N4O2/c1-14(2)13-26-19-11-21-10-18(23-19)22-17-8-9-24(20(17)25)12-16-6-4-15(3)5-7-16/h4-7,10-11,14,17H,8-9,12-13H2,1-3H3,(H,22,23). The molecule has 1 atom stereocenters. The van der Waals surface area contributed by atoms with Crippen molar-refractivity contribution in [3.05, 3.63) is 47.8 Å². The van der Waals surface area contributed by atoms with Crippen LogP contribution in [0.3, 0.4) is 0 Å². The van der Waals surface area contributed by atoms with Gasteiger partial charge >= 0.3 is 0 Å². The normalized spacial score (nSPS) is 17.0. The molecule has 0 saturated carbocycles. The van der Waals surface area contributed by atoms with E-state index in [0.717, 1.165) is 18.5 Å². The van der Waals surface area contributed by atoms with Gasteiger partial charge in [-0.05, 0) is 24.8 Å². The third kappa shape index (κ3) is 4.71. The second-order valence-corrected chi connectivity index (χ2v) is 7.18. The van der Waals surface area contributed by atoms with E-state index in [2.05, 4.69) is 60.3 Å². The topological polar surface area (TPSA) is 67.3 Å². The van der Waals surface area contributed by atoms with E-state index in [0.29, 0.717) is 30.8 Å². The Labute approximate surface area is 154 Å². The fourth-order valence-electron chi connectivity index (χ4n) is 2.86. The number of amides is 1. The van der Waals surface area contributed by atoms with E-state index in [1.54, 1.807) is 12.4 Å². The number of aryl methyl sites for hydroxylation is 1. The highest BCUT2D eigenvalue weighted by Crippen LogP contribution is 2.19. The second-order valence-electron chi connectivity index (χ2n) is 7.18. The van der Waals surface area contributed by atoms with E-state index in [1.807, 2.05) is 4.90 Å². The monoisotopic (exact) mass is 354 g/mol. The van der Waals surface area contributed by atoms with Crippen molar-refractivity contribution in [1.29, 1.82) is 0 Å². The number of ether oxygens (including phenoxy) is 1. The Morgan fingerprint density at radius 3 is 2.77 bits per heavy atom. The van der Waals surface area contributed by atoms with Gasteiger partial charge in [-0.2, -0.15) is 4.98 Å². The van der Waals surface area contributed by atoms with Crippen LogP contribution in [0.25, 0.3) is 0 Å². The highest BCUT2D eigenvalue weighted by atomic mass is 16.5. The maximum Gasteiger partial charge on any atom is 0.245 e. The lowest BCUT2D eigenvalue weighted by atomic mass is 10.1. The number of carbonyl (C=O) groups is 1. The average molecular weight is 354 g/mol. The molecule has 1 aliphatic heterocycles. The van der Waals surface area contributed by atoms with E-state index in [4.69, 9.17) is 4.74 Å². The van der Waals surface area contributed by atoms with Crippen LogP contribution < -0.4 is 10.1 Å². The Morgan fingerprint density at radius 2 is 2.04 bits per heavy atom. The minimum atomic E-state index is -0.268. The molecule has 3 rings (SSSR count). The Bertz CT molecular complexity index is 746. The van der Waals surface area contributed by atoms with Gasteiger partial charge in [-0.15, -0.1) is 0 Å². The maximum atomic E-state index is 12.7. The summed E-state index contributed by atoms with van der Waals surface area (Å²) in [5.41, 5.74) is 2.37. The minimum absolute atomic E-state index is 0.0980. The summed E-state index contributed by atoms with van der Waals surface area (Å²) in [5.74, 6) is 1.56. The molecule has 1 fully saturated rings. The summed E-state index contributed by atoms with van der Waals surface area (Å²) in [6, 6.07) is 8.03. The lowest BCUT2D eigenvalue weighted by Gasteiger charge is -2.17. The van der Waals surface area contributed by atoms with E-state index in [9.17, 15) is 4.79 Å². The molecule has 1 aromatic carbocycles. The summed E-state index contributed by atoms with van der Waals surface area (Å²) in [4.78, 5) is 23.1. The van der Waals surface area contributed by atoms with Gasteiger partial charge in [-0.3, -0.25) is 9.78 Å². The van der Waals surface area contributed by atoms with Gasteiger partial charge in [0.05, 0.1) is 19.0 Å². The molecule has 1 aromatic heterocycles. The zero-order chi connectivity index (χ0) is 18.5. The summed E-state index contributed by atoms with van der Waals surface area (Å²) in [6.07, 6.45) is 3.97. The van der Waals surface area contributed by atoms with Crippen molar-refractivity contribution < 1.29 is 9.53 Å². The molecule has 2 aromatic rings. The number of hydrogen-bond donors (Lipinski definition) is 1. The first-order chi connectivity index (χ1) is 12.5. The quantitative estimate of drug-likeness (QED) is 0.828. The number of nitrogens with zero attached hydrogens (tertiary/aromatic N) is 3. The van der Waals surface area contributed by atoms with E-state index in [-0.39, 0.29) is 11.9 Å². The number of anilines is 1. The number of aromatic nitrogens is 2. The predicted molar refractivity (Wildman–Crippen MR) is 101 cm³/mol. The van der Waals surface area contributed by atoms with Crippen LogP contribution in [0, 0.1) is 12.8 Å². The Morgan fingerprint density at radius 1 is 1.27 bits per heavy atom. The second kappa shape index (κ2) is 8.17. The third-order valence-electron chi connectivity index (χ3n) is 4.29. The van der Waals surface area contributed by atoms with Crippen molar-refractivity contribution in [2.45, 2.75) is 39.8 Å². The smallest absolute Gasteiger partial charge is 0.245 e. The number of rotatable bonds is 7.